The van der Waals surface area contributed by atoms with Gasteiger partial charge >= 0.3 is 0 Å². The first kappa shape index (κ1) is 20.4. The van der Waals surface area contributed by atoms with Gasteiger partial charge in [0.15, 0.2) is 11.5 Å². The highest BCUT2D eigenvalue weighted by Gasteiger charge is 2.37. The van der Waals surface area contributed by atoms with E-state index in [1.807, 2.05) is 13.0 Å². The molecule has 2 heterocycles. The number of allylic oxidation sites excluding steroid dienone is 1. The van der Waals surface area contributed by atoms with Gasteiger partial charge in [-0.05, 0) is 42.8 Å². The molecule has 8 nitrogen and oxygen atoms in total. The van der Waals surface area contributed by atoms with Crippen LogP contribution in [0.4, 0.5) is 0 Å². The first-order valence-electron chi connectivity index (χ1n) is 9.27. The molecule has 0 saturated heterocycles. The number of nitrogens with zero attached hydrogens (tertiary/aromatic N) is 3. The Kier molecular flexibility index (Phi) is 5.13. The molecule has 0 saturated carbocycles. The largest absolute Gasteiger partial charge is 0.502 e. The minimum Gasteiger partial charge on any atom is -0.502 e. The van der Waals surface area contributed by atoms with E-state index in [9.17, 15) is 10.4 Å². The Morgan fingerprint density at radius 3 is 2.48 bits per heavy atom. The van der Waals surface area contributed by atoms with Gasteiger partial charge in [0.25, 0.3) is 0 Å². The van der Waals surface area contributed by atoms with Gasteiger partial charge in [-0.25, -0.2) is 4.68 Å². The number of fused-ring (bicyclic) bond motifs is 1. The molecule has 0 spiro atoms. The molecule has 0 fully saturated rings. The highest BCUT2D eigenvalue weighted by atomic mass is 35.5. The van der Waals surface area contributed by atoms with Gasteiger partial charge in [0.1, 0.15) is 11.6 Å². The van der Waals surface area contributed by atoms with Crippen molar-refractivity contribution in [2.45, 2.75) is 12.8 Å². The van der Waals surface area contributed by atoms with Gasteiger partial charge in [0.05, 0.1) is 37.1 Å². The van der Waals surface area contributed by atoms with Gasteiger partial charge < -0.3 is 25.1 Å². The van der Waals surface area contributed by atoms with E-state index < -0.39 is 5.92 Å². The molecule has 3 N–H and O–H groups in total. The molecular weight excluding hydrogens is 420 g/mol. The van der Waals surface area contributed by atoms with Crippen LogP contribution in [0.5, 0.6) is 23.1 Å². The average molecular weight is 439 g/mol. The van der Waals surface area contributed by atoms with E-state index in [1.165, 1.54) is 14.2 Å². The summed E-state index contributed by atoms with van der Waals surface area (Å²) in [6.45, 7) is 1.82. The standard InChI is InChI=1S/C22H19ClN4O4/c1-11-18-19(12-7-16(29-2)20(28)17(8-12)30-3)15(10-24)21(25)31-22(18)27(26-11)14-6-4-5-13(23)9-14/h4-9,19,28H,25H2,1-3H3/t19-/m1/s1. The zero-order valence-electron chi connectivity index (χ0n) is 17.0. The zero-order valence-corrected chi connectivity index (χ0v) is 17.8. The highest BCUT2D eigenvalue weighted by Crippen LogP contribution is 2.48. The van der Waals surface area contributed by atoms with Crippen molar-refractivity contribution in [2.75, 3.05) is 14.2 Å². The number of ether oxygens (including phenoxy) is 3. The lowest BCUT2D eigenvalue weighted by molar-refractivity contribution is 0.338. The van der Waals surface area contributed by atoms with E-state index in [1.54, 1.807) is 35.0 Å². The van der Waals surface area contributed by atoms with E-state index >= 15 is 0 Å². The van der Waals surface area contributed by atoms with Crippen LogP contribution in [0.15, 0.2) is 47.9 Å². The van der Waals surface area contributed by atoms with Crippen LogP contribution in [0.3, 0.4) is 0 Å². The number of methoxy groups -OCH3 is 2. The summed E-state index contributed by atoms with van der Waals surface area (Å²) < 4.78 is 18.0. The lowest BCUT2D eigenvalue weighted by atomic mass is 9.84. The molecule has 2 aromatic carbocycles. The highest BCUT2D eigenvalue weighted by molar-refractivity contribution is 6.30. The van der Waals surface area contributed by atoms with Crippen LogP contribution in [0.2, 0.25) is 5.02 Å². The normalized spacial score (nSPS) is 15.1. The number of rotatable bonds is 4. The van der Waals surface area contributed by atoms with Crippen LogP contribution >= 0.6 is 11.6 Å². The maximum Gasteiger partial charge on any atom is 0.229 e. The van der Waals surface area contributed by atoms with Crippen LogP contribution in [-0.2, 0) is 0 Å². The van der Waals surface area contributed by atoms with E-state index in [-0.39, 0.29) is 28.7 Å². The molecule has 0 unspecified atom stereocenters. The lowest BCUT2D eigenvalue weighted by Gasteiger charge is -2.25. The summed E-state index contributed by atoms with van der Waals surface area (Å²) in [4.78, 5) is 0. The number of phenols is 1. The molecule has 9 heteroatoms. The topological polar surface area (TPSA) is 116 Å². The molecule has 0 bridgehead atoms. The first-order valence-corrected chi connectivity index (χ1v) is 9.65. The minimum atomic E-state index is -0.606. The Bertz CT molecular complexity index is 1230. The number of nitriles is 1. The number of hydrogen-bond acceptors (Lipinski definition) is 7. The van der Waals surface area contributed by atoms with E-state index in [4.69, 9.17) is 31.5 Å². The fourth-order valence-corrected chi connectivity index (χ4v) is 3.90. The number of phenolic OH excluding ortho intramolecular Hbond substituents is 1. The SMILES string of the molecule is COc1cc([C@@H]2C(C#N)=C(N)Oc3c2c(C)nn3-c2cccc(Cl)c2)cc(OC)c1O. The second kappa shape index (κ2) is 7.78. The van der Waals surface area contributed by atoms with Crippen molar-refractivity contribution in [1.82, 2.24) is 9.78 Å². The van der Waals surface area contributed by atoms with Crippen molar-refractivity contribution < 1.29 is 19.3 Å². The molecule has 3 aromatic rings. The zero-order chi connectivity index (χ0) is 22.3. The smallest absolute Gasteiger partial charge is 0.229 e. The first-order chi connectivity index (χ1) is 14.9. The van der Waals surface area contributed by atoms with Crippen molar-refractivity contribution in [3.05, 3.63) is 69.7 Å². The van der Waals surface area contributed by atoms with E-state index in [0.29, 0.717) is 33.4 Å². The number of benzene rings is 2. The summed E-state index contributed by atoms with van der Waals surface area (Å²) in [5.41, 5.74) is 8.99. The van der Waals surface area contributed by atoms with Crippen LogP contribution in [0, 0.1) is 18.3 Å². The van der Waals surface area contributed by atoms with Crippen molar-refractivity contribution >= 4 is 11.6 Å². The molecule has 1 aliphatic rings. The van der Waals surface area contributed by atoms with Gasteiger partial charge in [0.2, 0.25) is 17.5 Å². The number of nitrogens with two attached hydrogens (primary N) is 1. The van der Waals surface area contributed by atoms with Crippen molar-refractivity contribution in [3.63, 3.8) is 0 Å². The maximum atomic E-state index is 10.3. The molecule has 1 aromatic heterocycles. The predicted molar refractivity (Wildman–Crippen MR) is 114 cm³/mol. The average Bonchev–Trinajstić information content (AvgIpc) is 3.08. The molecule has 1 aliphatic heterocycles. The number of hydrogen-bond donors (Lipinski definition) is 2. The molecule has 31 heavy (non-hydrogen) atoms. The van der Waals surface area contributed by atoms with E-state index in [2.05, 4.69) is 11.2 Å². The number of halogens is 1. The Morgan fingerprint density at radius 2 is 1.90 bits per heavy atom. The number of aryl methyl sites for hydroxylation is 1. The van der Waals surface area contributed by atoms with Crippen molar-refractivity contribution in [1.29, 1.82) is 5.26 Å². The van der Waals surface area contributed by atoms with Gasteiger partial charge in [-0.1, -0.05) is 17.7 Å². The van der Waals surface area contributed by atoms with Gasteiger partial charge in [-0.3, -0.25) is 0 Å². The molecule has 0 aliphatic carbocycles. The van der Waals surface area contributed by atoms with Crippen LogP contribution < -0.4 is 19.9 Å². The summed E-state index contributed by atoms with van der Waals surface area (Å²) in [6, 6.07) is 12.6. The monoisotopic (exact) mass is 438 g/mol. The fraction of sp³-hybridized carbons (Fsp3) is 0.182. The summed E-state index contributed by atoms with van der Waals surface area (Å²) >= 11 is 6.15. The Morgan fingerprint density at radius 1 is 1.23 bits per heavy atom. The Labute approximate surface area is 183 Å². The fourth-order valence-electron chi connectivity index (χ4n) is 3.71. The lowest BCUT2D eigenvalue weighted by Crippen LogP contribution is -2.22. The third kappa shape index (κ3) is 3.29. The quantitative estimate of drug-likeness (QED) is 0.636. The number of aromatic hydroxyl groups is 1. The summed E-state index contributed by atoms with van der Waals surface area (Å²) in [7, 11) is 2.87. The molecule has 0 amide bonds. The molecule has 4 rings (SSSR count). The Hall–Kier alpha value is -3.83. The van der Waals surface area contributed by atoms with Crippen LogP contribution in [0.1, 0.15) is 22.7 Å². The number of aromatic nitrogens is 2. The van der Waals surface area contributed by atoms with Crippen molar-refractivity contribution in [2.24, 2.45) is 5.73 Å². The molecule has 1 atom stereocenters. The van der Waals surface area contributed by atoms with Gasteiger partial charge in [0, 0.05) is 5.02 Å². The second-order valence-corrected chi connectivity index (χ2v) is 7.33. The van der Waals surface area contributed by atoms with Gasteiger partial charge in [-0.15, -0.1) is 0 Å². The predicted octanol–water partition coefficient (Wildman–Crippen LogP) is 3.78. The molecule has 158 valence electrons. The van der Waals surface area contributed by atoms with Crippen LogP contribution in [-0.4, -0.2) is 29.1 Å². The van der Waals surface area contributed by atoms with Crippen molar-refractivity contribution in [3.8, 4) is 34.9 Å². The minimum absolute atomic E-state index is 0.0332. The summed E-state index contributed by atoms with van der Waals surface area (Å²) in [6.07, 6.45) is 0. The molecule has 0 radical (unpaired) electrons. The summed E-state index contributed by atoms with van der Waals surface area (Å²) in [5.74, 6) is 0.0191. The third-order valence-corrected chi connectivity index (χ3v) is 5.36. The molecular formula is C22H19ClN4O4. The van der Waals surface area contributed by atoms with Gasteiger partial charge in [-0.2, -0.15) is 10.4 Å². The van der Waals surface area contributed by atoms with E-state index in [0.717, 1.165) is 0 Å². The third-order valence-electron chi connectivity index (χ3n) is 5.12. The van der Waals surface area contributed by atoms with Crippen LogP contribution in [0.25, 0.3) is 5.69 Å². The Balaban J connectivity index is 1.98. The maximum absolute atomic E-state index is 10.3. The second-order valence-electron chi connectivity index (χ2n) is 6.89. The summed E-state index contributed by atoms with van der Waals surface area (Å²) in [5, 5.41) is 25.3.